The van der Waals surface area contributed by atoms with Gasteiger partial charge in [0.2, 0.25) is 5.91 Å². The zero-order chi connectivity index (χ0) is 31.1. The number of sulfone groups is 1. The lowest BCUT2D eigenvalue weighted by atomic mass is 9.65. The van der Waals surface area contributed by atoms with Gasteiger partial charge in [-0.2, -0.15) is 0 Å². The molecule has 1 fully saturated rings. The van der Waals surface area contributed by atoms with Gasteiger partial charge >= 0.3 is 0 Å². The van der Waals surface area contributed by atoms with Gasteiger partial charge in [-0.15, -0.1) is 0 Å². The third kappa shape index (κ3) is 7.37. The Morgan fingerprint density at radius 3 is 2.05 bits per heavy atom. The summed E-state index contributed by atoms with van der Waals surface area (Å²) in [6.07, 6.45) is 0.474. The van der Waals surface area contributed by atoms with Crippen LogP contribution in [0.25, 0.3) is 0 Å². The Balaban J connectivity index is 2.33. The Morgan fingerprint density at radius 1 is 0.976 bits per heavy atom. The van der Waals surface area contributed by atoms with Gasteiger partial charge < -0.3 is 4.90 Å². The number of carbonyl (C=O) groups is 2. The van der Waals surface area contributed by atoms with Gasteiger partial charge in [0.1, 0.15) is 5.78 Å². The third-order valence-electron chi connectivity index (χ3n) is 8.43. The van der Waals surface area contributed by atoms with Crippen LogP contribution in [0.5, 0.6) is 0 Å². The maximum atomic E-state index is 14.8. The Kier molecular flexibility index (Phi) is 9.84. The molecule has 41 heavy (non-hydrogen) atoms. The first-order valence-electron chi connectivity index (χ1n) is 14.3. The highest BCUT2D eigenvalue weighted by Gasteiger charge is 2.54. The van der Waals surface area contributed by atoms with E-state index >= 15 is 0 Å². The van der Waals surface area contributed by atoms with Gasteiger partial charge in [0, 0.05) is 33.8 Å². The molecule has 1 aliphatic heterocycles. The monoisotopic (exact) mass is 621 g/mol. The van der Waals surface area contributed by atoms with Gasteiger partial charge in [-0.25, -0.2) is 8.42 Å². The number of nitrogens with zero attached hydrogens (tertiary/aromatic N) is 1. The van der Waals surface area contributed by atoms with Crippen LogP contribution in [-0.2, 0) is 19.4 Å². The van der Waals surface area contributed by atoms with E-state index < -0.39 is 37.5 Å². The molecule has 4 atom stereocenters. The molecular formula is C33H45Cl2NO4S. The number of halogens is 2. The van der Waals surface area contributed by atoms with Crippen molar-refractivity contribution in [2.45, 2.75) is 97.9 Å². The van der Waals surface area contributed by atoms with Crippen molar-refractivity contribution in [1.82, 2.24) is 4.90 Å². The highest BCUT2D eigenvalue weighted by Crippen LogP contribution is 2.53. The Morgan fingerprint density at radius 2 is 1.56 bits per heavy atom. The highest BCUT2D eigenvalue weighted by molar-refractivity contribution is 7.92. The lowest BCUT2D eigenvalue weighted by Crippen LogP contribution is -2.59. The molecule has 0 aromatic heterocycles. The zero-order valence-electron chi connectivity index (χ0n) is 25.8. The van der Waals surface area contributed by atoms with Crippen LogP contribution in [0.4, 0.5) is 0 Å². The van der Waals surface area contributed by atoms with Gasteiger partial charge in [0.25, 0.3) is 0 Å². The van der Waals surface area contributed by atoms with E-state index in [-0.39, 0.29) is 35.7 Å². The molecule has 8 heteroatoms. The number of hydrogen-bond acceptors (Lipinski definition) is 4. The topological polar surface area (TPSA) is 71.5 Å². The lowest BCUT2D eigenvalue weighted by molar-refractivity contribution is -0.158. The van der Waals surface area contributed by atoms with E-state index in [1.54, 1.807) is 37.8 Å². The number of carbonyl (C=O) groups excluding carboxylic acids is 2. The predicted octanol–water partition coefficient (Wildman–Crippen LogP) is 8.30. The van der Waals surface area contributed by atoms with E-state index in [2.05, 4.69) is 0 Å². The largest absolute Gasteiger partial charge is 0.330 e. The predicted molar refractivity (Wildman–Crippen MR) is 169 cm³/mol. The Bertz CT molecular complexity index is 1370. The number of amides is 1. The number of likely N-dealkylation sites (tertiary alicyclic amines) is 1. The van der Waals surface area contributed by atoms with Gasteiger partial charge in [-0.1, -0.05) is 89.0 Å². The van der Waals surface area contributed by atoms with E-state index in [4.69, 9.17) is 23.2 Å². The molecule has 0 N–H and O–H groups in total. The average molecular weight is 623 g/mol. The van der Waals surface area contributed by atoms with Gasteiger partial charge in [-0.3, -0.25) is 9.59 Å². The summed E-state index contributed by atoms with van der Waals surface area (Å²) in [6.45, 7) is 16.4. The SMILES string of the molecule is CC(C)[C@@H](CS(=O)(=O)C(C)(C)C)N1C(=O)[C@@](C)(CC(=O)C(C)(C)C)C[C@H](c2cccc(Cl)c2)[C@H]1c1ccc(Cl)cc1. The second-order valence-electron chi connectivity index (χ2n) is 14.2. The molecule has 1 aliphatic rings. The fraction of sp³-hybridized carbons (Fsp3) is 0.576. The highest BCUT2D eigenvalue weighted by atomic mass is 35.5. The molecule has 0 unspecified atom stereocenters. The quantitative estimate of drug-likeness (QED) is 0.297. The summed E-state index contributed by atoms with van der Waals surface area (Å²) in [5.41, 5.74) is 0.125. The number of rotatable bonds is 8. The summed E-state index contributed by atoms with van der Waals surface area (Å²) >= 11 is 12.7. The number of ketones is 1. The van der Waals surface area contributed by atoms with Crippen molar-refractivity contribution in [3.8, 4) is 0 Å². The normalized spacial score (nSPS) is 23.1. The van der Waals surface area contributed by atoms with E-state index in [1.165, 1.54) is 0 Å². The lowest BCUT2D eigenvalue weighted by Gasteiger charge is -2.53. The van der Waals surface area contributed by atoms with Crippen molar-refractivity contribution >= 4 is 44.7 Å². The Hall–Kier alpha value is -1.89. The number of Topliss-reactive ketones (excluding diaryl/α,β-unsaturated/α-hetero) is 1. The summed E-state index contributed by atoms with van der Waals surface area (Å²) in [5, 5.41) is 1.14. The molecule has 1 amide bonds. The minimum absolute atomic E-state index is 0.00787. The van der Waals surface area contributed by atoms with Gasteiger partial charge in [0.05, 0.1) is 22.0 Å². The number of benzene rings is 2. The molecule has 2 aromatic carbocycles. The molecule has 3 rings (SSSR count). The molecule has 0 aliphatic carbocycles. The second kappa shape index (κ2) is 12.0. The summed E-state index contributed by atoms with van der Waals surface area (Å²) in [7, 11) is -3.60. The van der Waals surface area contributed by atoms with Crippen LogP contribution in [-0.4, -0.2) is 41.5 Å². The summed E-state index contributed by atoms with van der Waals surface area (Å²) in [6, 6.07) is 13.9. The van der Waals surface area contributed by atoms with Gasteiger partial charge in [-0.05, 0) is 68.5 Å². The van der Waals surface area contributed by atoms with Crippen molar-refractivity contribution in [3.05, 3.63) is 69.7 Å². The van der Waals surface area contributed by atoms with Crippen LogP contribution in [0.2, 0.25) is 10.0 Å². The van der Waals surface area contributed by atoms with E-state index in [9.17, 15) is 18.0 Å². The van der Waals surface area contributed by atoms with Crippen molar-refractivity contribution in [3.63, 3.8) is 0 Å². The molecule has 0 saturated carbocycles. The van der Waals surface area contributed by atoms with E-state index in [0.717, 1.165) is 11.1 Å². The maximum Gasteiger partial charge on any atom is 0.229 e. The first-order chi connectivity index (χ1) is 18.7. The van der Waals surface area contributed by atoms with E-state index in [0.29, 0.717) is 16.5 Å². The fourth-order valence-electron chi connectivity index (χ4n) is 5.60. The van der Waals surface area contributed by atoms with Crippen molar-refractivity contribution in [2.24, 2.45) is 16.7 Å². The molecular weight excluding hydrogens is 577 g/mol. The molecule has 2 aromatic rings. The zero-order valence-corrected chi connectivity index (χ0v) is 28.1. The summed E-state index contributed by atoms with van der Waals surface area (Å²) in [5.74, 6) is -0.812. The second-order valence-corrected chi connectivity index (χ2v) is 17.9. The first kappa shape index (κ1) is 33.6. The van der Waals surface area contributed by atoms with Gasteiger partial charge in [0.15, 0.2) is 9.84 Å². The van der Waals surface area contributed by atoms with Crippen molar-refractivity contribution < 1.29 is 18.0 Å². The fourth-order valence-corrected chi connectivity index (χ4v) is 7.42. The molecule has 0 radical (unpaired) electrons. The molecule has 1 saturated heterocycles. The van der Waals surface area contributed by atoms with Crippen molar-refractivity contribution in [2.75, 3.05) is 5.75 Å². The third-order valence-corrected chi connectivity index (χ3v) is 11.6. The minimum Gasteiger partial charge on any atom is -0.330 e. The van der Waals surface area contributed by atoms with Crippen LogP contribution < -0.4 is 0 Å². The minimum atomic E-state index is -3.60. The molecule has 226 valence electrons. The summed E-state index contributed by atoms with van der Waals surface area (Å²) < 4.78 is 26.3. The number of piperidine rings is 1. The molecule has 5 nitrogen and oxygen atoms in total. The first-order valence-corrected chi connectivity index (χ1v) is 16.7. The summed E-state index contributed by atoms with van der Waals surface area (Å²) in [4.78, 5) is 30.0. The van der Waals surface area contributed by atoms with Crippen LogP contribution in [0, 0.1) is 16.7 Å². The van der Waals surface area contributed by atoms with Crippen LogP contribution in [0.3, 0.4) is 0 Å². The Labute approximate surface area is 256 Å². The molecule has 1 heterocycles. The molecule has 0 bridgehead atoms. The smallest absolute Gasteiger partial charge is 0.229 e. The van der Waals surface area contributed by atoms with Crippen molar-refractivity contribution in [1.29, 1.82) is 0 Å². The van der Waals surface area contributed by atoms with Crippen LogP contribution in [0.1, 0.15) is 98.2 Å². The van der Waals surface area contributed by atoms with Crippen LogP contribution >= 0.6 is 23.2 Å². The van der Waals surface area contributed by atoms with Crippen LogP contribution in [0.15, 0.2) is 48.5 Å². The average Bonchev–Trinajstić information content (AvgIpc) is 2.83. The number of hydrogen-bond donors (Lipinski definition) is 0. The standard InChI is InChI=1S/C33H45Cl2NO4S/c1-21(2)27(20-41(39,40)32(6,7)8)36-29(22-13-15-24(34)16-14-22)26(23-11-10-12-25(35)17-23)18-33(9,30(36)38)19-28(37)31(3,4)5/h10-17,21,26-27,29H,18-20H2,1-9H3/t26-,27-,29-,33-/m1/s1. The van der Waals surface area contributed by atoms with E-state index in [1.807, 2.05) is 77.9 Å². The maximum absolute atomic E-state index is 14.8. The molecule has 0 spiro atoms.